The Morgan fingerprint density at radius 1 is 0.913 bits per heavy atom. The topological polar surface area (TPSA) is 48.3 Å². The maximum atomic E-state index is 11.2. The van der Waals surface area contributed by atoms with Gasteiger partial charge in [-0.05, 0) is 43.3 Å². The highest BCUT2D eigenvalue weighted by Gasteiger charge is 2.15. The Balaban J connectivity index is 1.55. The van der Waals surface area contributed by atoms with Gasteiger partial charge in [-0.3, -0.25) is 9.80 Å². The minimum absolute atomic E-state index is 0.0607. The fourth-order valence-electron chi connectivity index (χ4n) is 2.56. The van der Waals surface area contributed by atoms with Gasteiger partial charge in [-0.1, -0.05) is 23.4 Å². The first-order valence-corrected chi connectivity index (χ1v) is 7.80. The van der Waals surface area contributed by atoms with E-state index in [9.17, 15) is 4.79 Å². The number of carbonyl (C=O) groups excluding carboxylic acids is 1. The molecule has 1 fully saturated rings. The zero-order chi connectivity index (χ0) is 16.1. The van der Waals surface area contributed by atoms with E-state index in [1.165, 1.54) is 5.69 Å². The number of hydrogen-bond acceptors (Lipinski definition) is 4. The van der Waals surface area contributed by atoms with E-state index in [1.54, 1.807) is 19.1 Å². The number of nitrogens with zero attached hydrogens (tertiary/aromatic N) is 4. The van der Waals surface area contributed by atoms with Crippen molar-refractivity contribution < 1.29 is 4.79 Å². The van der Waals surface area contributed by atoms with E-state index >= 15 is 0 Å². The van der Waals surface area contributed by atoms with Crippen molar-refractivity contribution in [2.75, 3.05) is 31.1 Å². The molecule has 0 bridgehead atoms. The molecule has 118 valence electrons. The Kier molecular flexibility index (Phi) is 4.66. The van der Waals surface area contributed by atoms with Gasteiger partial charge < -0.3 is 4.90 Å². The number of Topliss-reactive ketones (excluding diaryl/α,β-unsaturated/α-hetero) is 1. The quantitative estimate of drug-likeness (QED) is 0.639. The summed E-state index contributed by atoms with van der Waals surface area (Å²) in [5, 5.41) is 10.5. The van der Waals surface area contributed by atoms with Crippen LogP contribution in [0.4, 0.5) is 11.4 Å². The van der Waals surface area contributed by atoms with Crippen molar-refractivity contribution in [2.24, 2.45) is 10.3 Å². The lowest BCUT2D eigenvalue weighted by molar-refractivity contribution is 0.101. The van der Waals surface area contributed by atoms with Crippen molar-refractivity contribution in [1.29, 1.82) is 0 Å². The smallest absolute Gasteiger partial charge is 0.159 e. The molecule has 0 aromatic heterocycles. The highest BCUT2D eigenvalue weighted by Crippen LogP contribution is 2.17. The van der Waals surface area contributed by atoms with Crippen molar-refractivity contribution >= 4 is 17.2 Å². The van der Waals surface area contributed by atoms with E-state index in [0.717, 1.165) is 31.9 Å². The second kappa shape index (κ2) is 7.05. The number of para-hydroxylation sites is 1. The van der Waals surface area contributed by atoms with Gasteiger partial charge in [0.15, 0.2) is 5.78 Å². The first kappa shape index (κ1) is 15.2. The number of anilines is 1. The van der Waals surface area contributed by atoms with Gasteiger partial charge in [0.1, 0.15) is 0 Å². The molecule has 1 aliphatic rings. The van der Waals surface area contributed by atoms with Crippen molar-refractivity contribution in [2.45, 2.75) is 6.92 Å². The summed E-state index contributed by atoms with van der Waals surface area (Å²) in [4.78, 5) is 13.6. The molecule has 1 heterocycles. The van der Waals surface area contributed by atoms with Gasteiger partial charge in [-0.15, -0.1) is 5.11 Å². The summed E-state index contributed by atoms with van der Waals surface area (Å²) in [6, 6.07) is 17.6. The van der Waals surface area contributed by atoms with Gasteiger partial charge in [0.25, 0.3) is 0 Å². The minimum atomic E-state index is 0.0607. The van der Waals surface area contributed by atoms with Crippen molar-refractivity contribution in [3.8, 4) is 0 Å². The maximum absolute atomic E-state index is 11.2. The standard InChI is InChI=1S/C18H20N4O/c1-15(23)16-7-9-17(10-8-16)19-20-22-13-11-21(12-14-22)18-5-3-2-4-6-18/h2-10H,11-14H2,1H3/b20-19+. The zero-order valence-corrected chi connectivity index (χ0v) is 13.2. The average molecular weight is 308 g/mol. The number of piperazine rings is 1. The molecule has 2 aromatic carbocycles. The molecule has 0 aliphatic carbocycles. The van der Waals surface area contributed by atoms with Crippen LogP contribution in [0.1, 0.15) is 17.3 Å². The van der Waals surface area contributed by atoms with Gasteiger partial charge in [-0.25, -0.2) is 0 Å². The summed E-state index contributed by atoms with van der Waals surface area (Å²) in [7, 11) is 0. The van der Waals surface area contributed by atoms with Crippen molar-refractivity contribution in [1.82, 2.24) is 5.01 Å². The van der Waals surface area contributed by atoms with Gasteiger partial charge in [0, 0.05) is 24.3 Å². The van der Waals surface area contributed by atoms with E-state index in [1.807, 2.05) is 23.2 Å². The Labute approximate surface area is 136 Å². The Morgan fingerprint density at radius 2 is 1.57 bits per heavy atom. The van der Waals surface area contributed by atoms with Crippen molar-refractivity contribution in [3.63, 3.8) is 0 Å². The molecule has 5 nitrogen and oxygen atoms in total. The number of benzene rings is 2. The largest absolute Gasteiger partial charge is 0.368 e. The Morgan fingerprint density at radius 3 is 2.17 bits per heavy atom. The second-order valence-electron chi connectivity index (χ2n) is 5.57. The summed E-state index contributed by atoms with van der Waals surface area (Å²) in [5.41, 5.74) is 2.71. The predicted molar refractivity (Wildman–Crippen MR) is 91.2 cm³/mol. The molecule has 0 atom stereocenters. The molecule has 0 unspecified atom stereocenters. The lowest BCUT2D eigenvalue weighted by Crippen LogP contribution is -2.43. The van der Waals surface area contributed by atoms with Crippen LogP contribution in [-0.4, -0.2) is 37.0 Å². The van der Waals surface area contributed by atoms with E-state index in [2.05, 4.69) is 39.5 Å². The van der Waals surface area contributed by atoms with Crippen LogP contribution in [0.2, 0.25) is 0 Å². The van der Waals surface area contributed by atoms with Crippen LogP contribution in [0, 0.1) is 0 Å². The highest BCUT2D eigenvalue weighted by atomic mass is 16.1. The molecule has 1 aliphatic heterocycles. The Bertz CT molecular complexity index is 674. The molecule has 0 N–H and O–H groups in total. The first-order chi connectivity index (χ1) is 11.2. The molecule has 0 saturated carbocycles. The molecule has 0 amide bonds. The van der Waals surface area contributed by atoms with Crippen LogP contribution < -0.4 is 4.90 Å². The Hall–Kier alpha value is -2.69. The lowest BCUT2D eigenvalue weighted by Gasteiger charge is -2.33. The third-order valence-corrected chi connectivity index (χ3v) is 3.94. The lowest BCUT2D eigenvalue weighted by atomic mass is 10.1. The van der Waals surface area contributed by atoms with Gasteiger partial charge >= 0.3 is 0 Å². The normalized spacial score (nSPS) is 15.2. The fraction of sp³-hybridized carbons (Fsp3) is 0.278. The number of hydrogen-bond donors (Lipinski definition) is 0. The molecule has 0 radical (unpaired) electrons. The first-order valence-electron chi connectivity index (χ1n) is 7.80. The summed E-state index contributed by atoms with van der Waals surface area (Å²) >= 11 is 0. The number of carbonyl (C=O) groups is 1. The fourth-order valence-corrected chi connectivity index (χ4v) is 2.56. The number of rotatable bonds is 4. The van der Waals surface area contributed by atoms with Crippen LogP contribution >= 0.6 is 0 Å². The number of ketones is 1. The van der Waals surface area contributed by atoms with E-state index < -0.39 is 0 Å². The molecule has 3 rings (SSSR count). The van der Waals surface area contributed by atoms with E-state index in [0.29, 0.717) is 5.56 Å². The van der Waals surface area contributed by atoms with Gasteiger partial charge in [0.05, 0.1) is 18.8 Å². The minimum Gasteiger partial charge on any atom is -0.368 e. The van der Waals surface area contributed by atoms with E-state index in [4.69, 9.17) is 0 Å². The predicted octanol–water partition coefficient (Wildman–Crippen LogP) is 3.71. The monoisotopic (exact) mass is 308 g/mol. The van der Waals surface area contributed by atoms with Crippen molar-refractivity contribution in [3.05, 3.63) is 60.2 Å². The molecule has 2 aromatic rings. The van der Waals surface area contributed by atoms with E-state index in [-0.39, 0.29) is 5.78 Å². The third kappa shape index (κ3) is 3.94. The van der Waals surface area contributed by atoms with Gasteiger partial charge in [0.2, 0.25) is 0 Å². The zero-order valence-electron chi connectivity index (χ0n) is 13.2. The molecular formula is C18H20N4O. The maximum Gasteiger partial charge on any atom is 0.159 e. The average Bonchev–Trinajstić information content (AvgIpc) is 2.61. The van der Waals surface area contributed by atoms with Gasteiger partial charge in [-0.2, -0.15) is 0 Å². The summed E-state index contributed by atoms with van der Waals surface area (Å²) < 4.78 is 0. The van der Waals surface area contributed by atoms with Crippen LogP contribution in [0.5, 0.6) is 0 Å². The van der Waals surface area contributed by atoms with Crippen LogP contribution in [0.15, 0.2) is 64.9 Å². The second-order valence-corrected chi connectivity index (χ2v) is 5.57. The highest BCUT2D eigenvalue weighted by molar-refractivity contribution is 5.94. The molecular weight excluding hydrogens is 288 g/mol. The van der Waals surface area contributed by atoms with Crippen LogP contribution in [-0.2, 0) is 0 Å². The molecule has 1 saturated heterocycles. The SMILES string of the molecule is CC(=O)c1ccc(/N=N/N2CCN(c3ccccc3)CC2)cc1. The molecule has 23 heavy (non-hydrogen) atoms. The third-order valence-electron chi connectivity index (χ3n) is 3.94. The summed E-state index contributed by atoms with van der Waals surface area (Å²) in [6.45, 7) is 5.13. The van der Waals surface area contributed by atoms with Crippen LogP contribution in [0.3, 0.4) is 0 Å². The molecule has 5 heteroatoms. The summed E-state index contributed by atoms with van der Waals surface area (Å²) in [5.74, 6) is 0.0607. The summed E-state index contributed by atoms with van der Waals surface area (Å²) in [6.07, 6.45) is 0. The van der Waals surface area contributed by atoms with Crippen LogP contribution in [0.25, 0.3) is 0 Å². The molecule has 0 spiro atoms.